The normalized spacial score (nSPS) is 14.7. The number of carboxylic acid groups (broad SMARTS) is 1. The Morgan fingerprint density at radius 3 is 2.56 bits per heavy atom. The number of para-hydroxylation sites is 1. The van der Waals surface area contributed by atoms with Gasteiger partial charge in [-0.15, -0.1) is 0 Å². The van der Waals surface area contributed by atoms with Crippen molar-refractivity contribution in [3.05, 3.63) is 70.9 Å². The van der Waals surface area contributed by atoms with E-state index in [9.17, 15) is 18.7 Å². The molecule has 1 aromatic heterocycles. The van der Waals surface area contributed by atoms with Crippen molar-refractivity contribution in [2.24, 2.45) is 0 Å². The van der Waals surface area contributed by atoms with E-state index in [0.29, 0.717) is 35.0 Å². The van der Waals surface area contributed by atoms with Crippen LogP contribution >= 0.6 is 0 Å². The molecule has 0 saturated heterocycles. The van der Waals surface area contributed by atoms with E-state index in [4.69, 9.17) is 0 Å². The second-order valence-corrected chi connectivity index (χ2v) is 6.25. The van der Waals surface area contributed by atoms with Gasteiger partial charge in [-0.1, -0.05) is 30.3 Å². The largest absolute Gasteiger partial charge is 0.478 e. The maximum atomic E-state index is 12.3. The van der Waals surface area contributed by atoms with Crippen LogP contribution in [0.4, 0.5) is 8.78 Å². The molecule has 6 heteroatoms. The summed E-state index contributed by atoms with van der Waals surface area (Å²) in [6.07, 6.45) is 3.19. The molecule has 1 aliphatic carbocycles. The molecule has 27 heavy (non-hydrogen) atoms. The van der Waals surface area contributed by atoms with Crippen molar-refractivity contribution in [2.45, 2.75) is 19.5 Å². The molecular weight excluding hydrogens is 352 g/mol. The van der Waals surface area contributed by atoms with Gasteiger partial charge in [-0.05, 0) is 53.8 Å². The molecule has 1 N–H and O–H groups in total. The first-order chi connectivity index (χ1) is 13.0. The Bertz CT molecular complexity index is 1060. The van der Waals surface area contributed by atoms with E-state index in [0.717, 1.165) is 16.7 Å². The van der Waals surface area contributed by atoms with Gasteiger partial charge in [-0.2, -0.15) is 8.78 Å². The molecule has 3 aromatic rings. The molecule has 4 nitrogen and oxygen atoms in total. The van der Waals surface area contributed by atoms with Crippen LogP contribution in [0, 0.1) is 0 Å². The zero-order valence-electron chi connectivity index (χ0n) is 14.2. The minimum atomic E-state index is -2.86. The number of benzene rings is 2. The number of pyridine rings is 1. The van der Waals surface area contributed by atoms with Crippen LogP contribution in [0.5, 0.6) is 5.75 Å². The second kappa shape index (κ2) is 6.79. The Kier molecular flexibility index (Phi) is 4.32. The fraction of sp³-hybridized carbons (Fsp3) is 0.143. The monoisotopic (exact) mass is 367 g/mol. The van der Waals surface area contributed by atoms with Crippen molar-refractivity contribution in [1.29, 1.82) is 0 Å². The van der Waals surface area contributed by atoms with Crippen LogP contribution in [0.2, 0.25) is 0 Å². The van der Waals surface area contributed by atoms with Gasteiger partial charge in [0.15, 0.2) is 0 Å². The van der Waals surface area contributed by atoms with Crippen LogP contribution in [0.1, 0.15) is 33.6 Å². The molecule has 0 bridgehead atoms. The molecule has 0 unspecified atom stereocenters. The number of fused-ring (bicyclic) bond motifs is 2. The molecule has 0 saturated carbocycles. The lowest BCUT2D eigenvalue weighted by molar-refractivity contribution is -0.0498. The minimum Gasteiger partial charge on any atom is -0.478 e. The average molecular weight is 367 g/mol. The smallest absolute Gasteiger partial charge is 0.387 e. The highest BCUT2D eigenvalue weighted by Gasteiger charge is 2.26. The van der Waals surface area contributed by atoms with Gasteiger partial charge in [-0.25, -0.2) is 9.78 Å². The molecule has 136 valence electrons. The third kappa shape index (κ3) is 3.26. The van der Waals surface area contributed by atoms with Gasteiger partial charge in [0.05, 0.1) is 16.8 Å². The lowest BCUT2D eigenvalue weighted by Gasteiger charge is -2.09. The summed E-state index contributed by atoms with van der Waals surface area (Å²) in [5, 5.41) is 10.3. The maximum Gasteiger partial charge on any atom is 0.387 e. The second-order valence-electron chi connectivity index (χ2n) is 6.25. The first-order valence-corrected chi connectivity index (χ1v) is 8.43. The highest BCUT2D eigenvalue weighted by molar-refractivity contribution is 6.06. The zero-order valence-corrected chi connectivity index (χ0v) is 14.2. The topological polar surface area (TPSA) is 59.4 Å². The lowest BCUT2D eigenvalue weighted by atomic mass is 10.0. The predicted molar refractivity (Wildman–Crippen MR) is 98.0 cm³/mol. The highest BCUT2D eigenvalue weighted by Crippen LogP contribution is 2.37. The summed E-state index contributed by atoms with van der Waals surface area (Å²) in [6, 6.07) is 13.5. The van der Waals surface area contributed by atoms with E-state index in [1.165, 1.54) is 12.1 Å². The molecule has 0 radical (unpaired) electrons. The first-order valence-electron chi connectivity index (χ1n) is 8.43. The Hall–Kier alpha value is -3.28. The van der Waals surface area contributed by atoms with Crippen LogP contribution in [-0.4, -0.2) is 22.7 Å². The number of allylic oxidation sites excluding steroid dienone is 1. The third-order valence-corrected chi connectivity index (χ3v) is 4.60. The van der Waals surface area contributed by atoms with Gasteiger partial charge in [0.2, 0.25) is 0 Å². The van der Waals surface area contributed by atoms with Crippen molar-refractivity contribution in [3.63, 3.8) is 0 Å². The summed E-state index contributed by atoms with van der Waals surface area (Å²) >= 11 is 0. The van der Waals surface area contributed by atoms with Gasteiger partial charge in [-0.3, -0.25) is 0 Å². The molecule has 0 spiro atoms. The van der Waals surface area contributed by atoms with E-state index in [1.807, 2.05) is 12.1 Å². The summed E-state index contributed by atoms with van der Waals surface area (Å²) in [5.41, 5.74) is 4.12. The van der Waals surface area contributed by atoms with Crippen molar-refractivity contribution < 1.29 is 23.4 Å². The molecular formula is C21H15F2NO3. The SMILES string of the molecule is O=C(O)c1c2c(nc3ccccc13)/C(=C/c1ccc(OC(F)F)cc1)CC2. The molecule has 2 aromatic carbocycles. The standard InChI is InChI=1S/C21H15F2NO3/c22-21(23)27-14-8-5-12(6-9-14)11-13-7-10-16-18(20(25)26)15-3-1-2-4-17(15)24-19(13)16/h1-6,8-9,11,21H,7,10H2,(H,25,26)/b13-11+. The fourth-order valence-electron chi connectivity index (χ4n) is 3.47. The van der Waals surface area contributed by atoms with Gasteiger partial charge in [0, 0.05) is 5.39 Å². The summed E-state index contributed by atoms with van der Waals surface area (Å²) in [7, 11) is 0. The summed E-state index contributed by atoms with van der Waals surface area (Å²) in [5.74, 6) is -0.865. The van der Waals surface area contributed by atoms with Crippen LogP contribution < -0.4 is 4.74 Å². The number of carboxylic acids is 1. The predicted octanol–water partition coefficient (Wildman–Crippen LogP) is 5.02. The number of hydrogen-bond donors (Lipinski definition) is 1. The van der Waals surface area contributed by atoms with E-state index in [1.54, 1.807) is 30.3 Å². The molecule has 1 aliphatic rings. The van der Waals surface area contributed by atoms with E-state index >= 15 is 0 Å². The van der Waals surface area contributed by atoms with Gasteiger partial charge in [0.25, 0.3) is 0 Å². The number of hydrogen-bond acceptors (Lipinski definition) is 3. The first kappa shape index (κ1) is 17.1. The quantitative estimate of drug-likeness (QED) is 0.703. The van der Waals surface area contributed by atoms with Crippen LogP contribution in [0.25, 0.3) is 22.6 Å². The van der Waals surface area contributed by atoms with E-state index in [2.05, 4.69) is 9.72 Å². The Labute approximate surface area is 153 Å². The zero-order chi connectivity index (χ0) is 19.0. The minimum absolute atomic E-state index is 0.0938. The summed E-state index contributed by atoms with van der Waals surface area (Å²) < 4.78 is 28.9. The molecule has 1 heterocycles. The third-order valence-electron chi connectivity index (χ3n) is 4.60. The van der Waals surface area contributed by atoms with Crippen molar-refractivity contribution in [2.75, 3.05) is 0 Å². The molecule has 0 atom stereocenters. The van der Waals surface area contributed by atoms with Gasteiger partial charge < -0.3 is 9.84 Å². The van der Waals surface area contributed by atoms with Crippen LogP contribution in [-0.2, 0) is 6.42 Å². The fourth-order valence-corrected chi connectivity index (χ4v) is 3.47. The number of nitrogens with zero attached hydrogens (tertiary/aromatic N) is 1. The molecule has 0 amide bonds. The lowest BCUT2D eigenvalue weighted by Crippen LogP contribution is -2.05. The maximum absolute atomic E-state index is 12.3. The summed E-state index contributed by atoms with van der Waals surface area (Å²) in [6.45, 7) is -2.86. The van der Waals surface area contributed by atoms with Crippen molar-refractivity contribution in [3.8, 4) is 5.75 Å². The van der Waals surface area contributed by atoms with E-state index in [-0.39, 0.29) is 5.75 Å². The van der Waals surface area contributed by atoms with Crippen molar-refractivity contribution >= 4 is 28.5 Å². The molecule has 0 aliphatic heterocycles. The van der Waals surface area contributed by atoms with Crippen molar-refractivity contribution in [1.82, 2.24) is 4.98 Å². The number of carbonyl (C=O) groups is 1. The Morgan fingerprint density at radius 1 is 1.11 bits per heavy atom. The average Bonchev–Trinajstić information content (AvgIpc) is 3.03. The number of halogens is 2. The summed E-state index contributed by atoms with van der Waals surface area (Å²) in [4.78, 5) is 16.5. The molecule has 0 fully saturated rings. The van der Waals surface area contributed by atoms with Crippen LogP contribution in [0.3, 0.4) is 0 Å². The number of rotatable bonds is 4. The number of alkyl halides is 2. The number of aromatic carboxylic acids is 1. The highest BCUT2D eigenvalue weighted by atomic mass is 19.3. The Morgan fingerprint density at radius 2 is 1.85 bits per heavy atom. The Balaban J connectivity index is 1.77. The van der Waals surface area contributed by atoms with E-state index < -0.39 is 12.6 Å². The van der Waals surface area contributed by atoms with Gasteiger partial charge in [0.1, 0.15) is 5.75 Å². The number of aromatic nitrogens is 1. The molecule has 4 rings (SSSR count). The number of ether oxygens (including phenoxy) is 1. The van der Waals surface area contributed by atoms with Gasteiger partial charge >= 0.3 is 12.6 Å². The van der Waals surface area contributed by atoms with Crippen LogP contribution in [0.15, 0.2) is 48.5 Å².